The summed E-state index contributed by atoms with van der Waals surface area (Å²) in [6.45, 7) is 2.21. The van der Waals surface area contributed by atoms with Gasteiger partial charge in [-0.25, -0.2) is 0 Å². The van der Waals surface area contributed by atoms with Crippen LogP contribution in [0.5, 0.6) is 0 Å². The van der Waals surface area contributed by atoms with Crippen molar-refractivity contribution in [3.8, 4) is 0 Å². The van der Waals surface area contributed by atoms with E-state index in [0.29, 0.717) is 6.54 Å². The fourth-order valence-electron chi connectivity index (χ4n) is 2.32. The maximum absolute atomic E-state index is 12.3. The van der Waals surface area contributed by atoms with Gasteiger partial charge in [-0.2, -0.15) is 0 Å². The normalized spacial score (nSPS) is 13.7. The summed E-state index contributed by atoms with van der Waals surface area (Å²) in [4.78, 5) is 14.0. The molecule has 1 unspecified atom stereocenters. The molecule has 0 aliphatic heterocycles. The first-order valence-corrected chi connectivity index (χ1v) is 7.02. The second-order valence-corrected chi connectivity index (χ2v) is 5.68. The molecule has 2 rings (SSSR count). The maximum atomic E-state index is 12.3. The molecule has 0 spiro atoms. The second-order valence-electron chi connectivity index (χ2n) is 5.68. The summed E-state index contributed by atoms with van der Waals surface area (Å²) in [6.07, 6.45) is 2.02. The van der Waals surface area contributed by atoms with E-state index in [1.54, 1.807) is 18.9 Å². The zero-order chi connectivity index (χ0) is 15.5. The molecule has 1 heterocycles. The molecule has 0 aliphatic rings. The van der Waals surface area contributed by atoms with Crippen molar-refractivity contribution >= 4 is 5.91 Å². The summed E-state index contributed by atoms with van der Waals surface area (Å²) >= 11 is 0. The lowest BCUT2D eigenvalue weighted by atomic mass is 9.92. The molecule has 1 N–H and O–H groups in total. The summed E-state index contributed by atoms with van der Waals surface area (Å²) in [7, 11) is 3.71. The number of carbonyl (C=O) groups excluding carboxylic acids is 1. The van der Waals surface area contributed by atoms with E-state index in [4.69, 9.17) is 0 Å². The van der Waals surface area contributed by atoms with E-state index in [0.717, 1.165) is 11.3 Å². The van der Waals surface area contributed by atoms with Crippen LogP contribution in [-0.4, -0.2) is 27.5 Å². The van der Waals surface area contributed by atoms with Crippen LogP contribution in [0.1, 0.15) is 24.6 Å². The number of hydrogen-bond acceptors (Lipinski definition) is 2. The average Bonchev–Trinajstić information content (AvgIpc) is 2.85. The molecule has 1 atom stereocenters. The minimum atomic E-state index is -1.15. The van der Waals surface area contributed by atoms with Gasteiger partial charge in [0.25, 0.3) is 0 Å². The van der Waals surface area contributed by atoms with Crippen LogP contribution >= 0.6 is 0 Å². The van der Waals surface area contributed by atoms with Gasteiger partial charge < -0.3 is 14.6 Å². The Morgan fingerprint density at radius 3 is 2.48 bits per heavy atom. The van der Waals surface area contributed by atoms with Crippen LogP contribution in [0, 0.1) is 0 Å². The monoisotopic (exact) mass is 286 g/mol. The minimum Gasteiger partial charge on any atom is -0.385 e. The molecule has 2 aromatic rings. The average molecular weight is 286 g/mol. The third kappa shape index (κ3) is 3.73. The molecular formula is C17H22N2O2. The van der Waals surface area contributed by atoms with Crippen molar-refractivity contribution in [2.24, 2.45) is 7.05 Å². The molecule has 4 heteroatoms. The fourth-order valence-corrected chi connectivity index (χ4v) is 2.32. The van der Waals surface area contributed by atoms with Gasteiger partial charge in [0.2, 0.25) is 5.91 Å². The number of rotatable bonds is 5. The van der Waals surface area contributed by atoms with Crippen LogP contribution in [-0.2, 0) is 24.0 Å². The molecule has 1 aromatic carbocycles. The Labute approximate surface area is 125 Å². The third-order valence-corrected chi connectivity index (χ3v) is 3.77. The smallest absolute Gasteiger partial charge is 0.225 e. The Hall–Kier alpha value is -2.07. The largest absolute Gasteiger partial charge is 0.385 e. The first kappa shape index (κ1) is 15.3. The first-order valence-electron chi connectivity index (χ1n) is 7.02. The van der Waals surface area contributed by atoms with E-state index in [1.807, 2.05) is 60.3 Å². The highest BCUT2D eigenvalue weighted by atomic mass is 16.3. The number of hydrogen-bond donors (Lipinski definition) is 1. The Bertz CT molecular complexity index is 602. The van der Waals surface area contributed by atoms with Crippen molar-refractivity contribution in [1.82, 2.24) is 9.47 Å². The number of aliphatic hydroxyl groups is 1. The molecule has 0 aliphatic carbocycles. The Morgan fingerprint density at radius 1 is 1.24 bits per heavy atom. The quantitative estimate of drug-likeness (QED) is 0.916. The van der Waals surface area contributed by atoms with E-state index < -0.39 is 5.60 Å². The van der Waals surface area contributed by atoms with Gasteiger partial charge in [0, 0.05) is 26.0 Å². The van der Waals surface area contributed by atoms with Crippen LogP contribution in [0.2, 0.25) is 0 Å². The van der Waals surface area contributed by atoms with Gasteiger partial charge in [0.1, 0.15) is 0 Å². The van der Waals surface area contributed by atoms with Gasteiger partial charge in [-0.1, -0.05) is 30.3 Å². The van der Waals surface area contributed by atoms with Gasteiger partial charge in [-0.05, 0) is 24.6 Å². The van der Waals surface area contributed by atoms with Gasteiger partial charge in [0.05, 0.1) is 18.6 Å². The molecule has 112 valence electrons. The van der Waals surface area contributed by atoms with E-state index in [2.05, 4.69) is 0 Å². The standard InChI is InChI=1S/C17H22N2O2/c1-17(21,14-8-5-4-6-9-14)12-16(20)19(3)13-15-10-7-11-18(15)2/h4-11,21H,12-13H2,1-3H3. The number of carbonyl (C=O) groups is 1. The zero-order valence-electron chi connectivity index (χ0n) is 12.8. The summed E-state index contributed by atoms with van der Waals surface area (Å²) < 4.78 is 1.99. The first-order chi connectivity index (χ1) is 9.90. The predicted octanol–water partition coefficient (Wildman–Crippen LogP) is 2.28. The third-order valence-electron chi connectivity index (χ3n) is 3.77. The van der Waals surface area contributed by atoms with E-state index in [1.165, 1.54) is 0 Å². The summed E-state index contributed by atoms with van der Waals surface area (Å²) in [5.41, 5.74) is 0.664. The van der Waals surface area contributed by atoms with Gasteiger partial charge in [0.15, 0.2) is 0 Å². The van der Waals surface area contributed by atoms with E-state index >= 15 is 0 Å². The maximum Gasteiger partial charge on any atom is 0.225 e. The highest BCUT2D eigenvalue weighted by molar-refractivity contribution is 5.77. The summed E-state index contributed by atoms with van der Waals surface area (Å²) in [5.74, 6) is -0.0787. The number of benzene rings is 1. The van der Waals surface area contributed by atoms with E-state index in [9.17, 15) is 9.90 Å². The lowest BCUT2D eigenvalue weighted by Crippen LogP contribution is -2.34. The summed E-state index contributed by atoms with van der Waals surface area (Å²) in [6, 6.07) is 13.2. The van der Waals surface area contributed by atoms with Crippen molar-refractivity contribution < 1.29 is 9.90 Å². The molecule has 0 radical (unpaired) electrons. The SMILES string of the molecule is CN(Cc1cccn1C)C(=O)CC(C)(O)c1ccccc1. The zero-order valence-corrected chi connectivity index (χ0v) is 12.8. The Morgan fingerprint density at radius 2 is 1.90 bits per heavy atom. The molecule has 0 bridgehead atoms. The van der Waals surface area contributed by atoms with Crippen LogP contribution < -0.4 is 0 Å². The van der Waals surface area contributed by atoms with Crippen LogP contribution in [0.15, 0.2) is 48.7 Å². The highest BCUT2D eigenvalue weighted by Crippen LogP contribution is 2.25. The van der Waals surface area contributed by atoms with Gasteiger partial charge >= 0.3 is 0 Å². The number of amides is 1. The summed E-state index contributed by atoms with van der Waals surface area (Å²) in [5, 5.41) is 10.5. The van der Waals surface area contributed by atoms with Gasteiger partial charge in [-0.3, -0.25) is 4.79 Å². The lowest BCUT2D eigenvalue weighted by Gasteiger charge is -2.26. The van der Waals surface area contributed by atoms with Crippen molar-refractivity contribution in [2.45, 2.75) is 25.5 Å². The number of aryl methyl sites for hydroxylation is 1. The number of aromatic nitrogens is 1. The molecule has 4 nitrogen and oxygen atoms in total. The van der Waals surface area contributed by atoms with Crippen LogP contribution in [0.3, 0.4) is 0 Å². The number of nitrogens with zero attached hydrogens (tertiary/aromatic N) is 2. The van der Waals surface area contributed by atoms with Crippen molar-refractivity contribution in [2.75, 3.05) is 7.05 Å². The minimum absolute atomic E-state index is 0.0674. The lowest BCUT2D eigenvalue weighted by molar-refractivity contribution is -0.135. The predicted molar refractivity (Wildman–Crippen MR) is 82.5 cm³/mol. The Balaban J connectivity index is 2.02. The molecule has 0 saturated heterocycles. The molecule has 21 heavy (non-hydrogen) atoms. The molecule has 1 amide bonds. The molecule has 0 saturated carbocycles. The van der Waals surface area contributed by atoms with E-state index in [-0.39, 0.29) is 12.3 Å². The molecular weight excluding hydrogens is 264 g/mol. The van der Waals surface area contributed by atoms with Crippen molar-refractivity contribution in [3.05, 3.63) is 59.9 Å². The second kappa shape index (κ2) is 6.14. The van der Waals surface area contributed by atoms with Crippen molar-refractivity contribution in [1.29, 1.82) is 0 Å². The highest BCUT2D eigenvalue weighted by Gasteiger charge is 2.28. The molecule has 0 fully saturated rings. The topological polar surface area (TPSA) is 45.5 Å². The Kier molecular flexibility index (Phi) is 4.48. The van der Waals surface area contributed by atoms with Crippen LogP contribution in [0.4, 0.5) is 0 Å². The van der Waals surface area contributed by atoms with Gasteiger partial charge in [-0.15, -0.1) is 0 Å². The van der Waals surface area contributed by atoms with Crippen LogP contribution in [0.25, 0.3) is 0 Å². The molecule has 1 aromatic heterocycles. The van der Waals surface area contributed by atoms with Crippen molar-refractivity contribution in [3.63, 3.8) is 0 Å². The fraction of sp³-hybridized carbons (Fsp3) is 0.353.